The van der Waals surface area contributed by atoms with Crippen molar-refractivity contribution < 1.29 is 10.0 Å². The number of hydrogen-bond acceptors (Lipinski definition) is 3. The Morgan fingerprint density at radius 2 is 0.767 bits per heavy atom. The fourth-order valence-corrected chi connectivity index (χ4v) is 4.28. The minimum absolute atomic E-state index is 0.261. The van der Waals surface area contributed by atoms with Crippen molar-refractivity contribution in [3.8, 4) is 0 Å². The van der Waals surface area contributed by atoms with E-state index in [0.717, 1.165) is 23.5 Å². The summed E-state index contributed by atoms with van der Waals surface area (Å²) in [6, 6.07) is 0. The van der Waals surface area contributed by atoms with Gasteiger partial charge in [-0.15, -0.1) is 12.6 Å². The Morgan fingerprint density at radius 3 is 1.00 bits per heavy atom. The summed E-state index contributed by atoms with van der Waals surface area (Å²) in [5, 5.41) is 8.41. The summed E-state index contributed by atoms with van der Waals surface area (Å²) in [6.45, 7) is 0. The van der Waals surface area contributed by atoms with E-state index in [4.69, 9.17) is 17.4 Å². The fraction of sp³-hybridized carbons (Fsp3) is 0.920. The molecule has 5 heteroatoms. The van der Waals surface area contributed by atoms with Crippen LogP contribution in [0.3, 0.4) is 0 Å². The Morgan fingerprint density at radius 1 is 0.533 bits per heavy atom. The molecule has 0 saturated carbocycles. The van der Waals surface area contributed by atoms with Crippen LogP contribution < -0.4 is 5.48 Å². The van der Waals surface area contributed by atoms with Crippen LogP contribution in [0.4, 0.5) is 0 Å². The molecule has 0 unspecified atom stereocenters. The summed E-state index contributed by atoms with van der Waals surface area (Å²) in [5.74, 6) is -0.261. The fourth-order valence-electron chi connectivity index (χ4n) is 3.98. The number of carbonyl (C=O) groups is 1. The summed E-state index contributed by atoms with van der Waals surface area (Å²) in [4.78, 5) is 10.9. The molecule has 0 atom stereocenters. The smallest absolute Gasteiger partial charge is 0.243 e. The van der Waals surface area contributed by atoms with Gasteiger partial charge in [0.1, 0.15) is 0 Å². The molecule has 0 fully saturated rings. The molecule has 0 aliphatic heterocycles. The van der Waals surface area contributed by atoms with Gasteiger partial charge < -0.3 is 0 Å². The van der Waals surface area contributed by atoms with Gasteiger partial charge >= 0.3 is 0 Å². The largest absolute Gasteiger partial charge is 0.289 e. The molecule has 0 aromatic carbocycles. The molecule has 30 heavy (non-hydrogen) atoms. The average molecular weight is 460 g/mol. The van der Waals surface area contributed by atoms with Crippen LogP contribution >= 0.6 is 24.8 Å². The second kappa shape index (κ2) is 25.1. The molecule has 0 aromatic rings. The number of rotatable bonds is 24. The number of unbranched alkanes of at least 4 members (excludes halogenated alkanes) is 20. The van der Waals surface area contributed by atoms with Crippen LogP contribution in [0.5, 0.6) is 0 Å². The molecule has 0 aliphatic rings. The highest BCUT2D eigenvalue weighted by atomic mass is 32.1. The molecule has 0 radical (unpaired) electrons. The lowest BCUT2D eigenvalue weighted by Crippen LogP contribution is -2.17. The number of thiol groups is 1. The maximum absolute atomic E-state index is 10.9. The van der Waals surface area contributed by atoms with E-state index in [2.05, 4.69) is 12.6 Å². The average Bonchev–Trinajstić information content (AvgIpc) is 2.73. The van der Waals surface area contributed by atoms with Crippen molar-refractivity contribution in [2.75, 3.05) is 0 Å². The summed E-state index contributed by atoms with van der Waals surface area (Å²) in [6.07, 6.45) is 29.5. The van der Waals surface area contributed by atoms with E-state index in [0.29, 0.717) is 6.42 Å². The van der Waals surface area contributed by atoms with E-state index < -0.39 is 0 Å². The van der Waals surface area contributed by atoms with Gasteiger partial charge in [-0.1, -0.05) is 134 Å². The number of nitrogens with one attached hydrogen (secondary N) is 1. The predicted molar refractivity (Wildman–Crippen MR) is 138 cm³/mol. The third kappa shape index (κ3) is 25.9. The quantitative estimate of drug-likeness (QED) is 0.0444. The first kappa shape index (κ1) is 29.9. The molecule has 0 aromatic heterocycles. The minimum Gasteiger partial charge on any atom is -0.289 e. The van der Waals surface area contributed by atoms with E-state index in [-0.39, 0.29) is 5.91 Å². The van der Waals surface area contributed by atoms with Gasteiger partial charge in [0, 0.05) is 10.6 Å². The minimum atomic E-state index is -0.261. The maximum Gasteiger partial charge on any atom is 0.243 e. The van der Waals surface area contributed by atoms with Crippen LogP contribution in [0.25, 0.3) is 0 Å². The van der Waals surface area contributed by atoms with Gasteiger partial charge in [-0.05, 0) is 19.3 Å². The first-order valence-electron chi connectivity index (χ1n) is 12.8. The van der Waals surface area contributed by atoms with Crippen LogP contribution in [0.2, 0.25) is 0 Å². The van der Waals surface area contributed by atoms with Crippen molar-refractivity contribution in [3.63, 3.8) is 0 Å². The third-order valence-corrected chi connectivity index (χ3v) is 6.35. The number of amides is 1. The summed E-state index contributed by atoms with van der Waals surface area (Å²) in [7, 11) is 0. The molecule has 0 aliphatic carbocycles. The SMILES string of the molecule is O=C(CCCCCCCCCCCCCCCCCCCCCCCC(=S)S)NO. The summed E-state index contributed by atoms with van der Waals surface area (Å²) >= 11 is 9.15. The van der Waals surface area contributed by atoms with Crippen LogP contribution in [0.1, 0.15) is 148 Å². The van der Waals surface area contributed by atoms with E-state index in [1.54, 1.807) is 5.48 Å². The molecular weight excluding hydrogens is 410 g/mol. The highest BCUT2D eigenvalue weighted by molar-refractivity contribution is 8.11. The highest BCUT2D eigenvalue weighted by Gasteiger charge is 1.99. The Labute approximate surface area is 197 Å². The summed E-state index contributed by atoms with van der Waals surface area (Å²) < 4.78 is 0.863. The van der Waals surface area contributed by atoms with Crippen molar-refractivity contribution in [2.24, 2.45) is 0 Å². The topological polar surface area (TPSA) is 49.3 Å². The Balaban J connectivity index is 3.03. The Bertz CT molecular complexity index is 391. The van der Waals surface area contributed by atoms with Crippen LogP contribution in [-0.4, -0.2) is 15.3 Å². The molecule has 2 N–H and O–H groups in total. The zero-order valence-electron chi connectivity index (χ0n) is 19.5. The van der Waals surface area contributed by atoms with Crippen molar-refractivity contribution >= 4 is 35.0 Å². The normalized spacial score (nSPS) is 11.0. The molecule has 1 amide bonds. The molecule has 0 heterocycles. The zero-order chi connectivity index (χ0) is 22.1. The van der Waals surface area contributed by atoms with E-state index >= 15 is 0 Å². The first-order valence-corrected chi connectivity index (χ1v) is 13.7. The second-order valence-electron chi connectivity index (χ2n) is 8.85. The first-order chi connectivity index (χ1) is 14.7. The van der Waals surface area contributed by atoms with Gasteiger partial charge in [0.2, 0.25) is 5.91 Å². The van der Waals surface area contributed by atoms with Gasteiger partial charge in [0.15, 0.2) is 0 Å². The van der Waals surface area contributed by atoms with E-state index in [1.165, 1.54) is 122 Å². The van der Waals surface area contributed by atoms with Crippen LogP contribution in [-0.2, 0) is 4.79 Å². The monoisotopic (exact) mass is 459 g/mol. The lowest BCUT2D eigenvalue weighted by Gasteiger charge is -2.04. The van der Waals surface area contributed by atoms with Crippen LogP contribution in [0.15, 0.2) is 0 Å². The number of thiocarbonyl (C=S) groups is 1. The highest BCUT2D eigenvalue weighted by Crippen LogP contribution is 2.15. The lowest BCUT2D eigenvalue weighted by molar-refractivity contribution is -0.129. The molecular formula is C25H49NO2S2. The second-order valence-corrected chi connectivity index (χ2v) is 10.2. The van der Waals surface area contributed by atoms with Crippen molar-refractivity contribution in [1.29, 1.82) is 0 Å². The third-order valence-electron chi connectivity index (χ3n) is 5.92. The molecule has 0 rings (SSSR count). The molecule has 3 nitrogen and oxygen atoms in total. The predicted octanol–water partition coefficient (Wildman–Crippen LogP) is 8.72. The molecule has 178 valence electrons. The van der Waals surface area contributed by atoms with Gasteiger partial charge in [-0.25, -0.2) is 5.48 Å². The van der Waals surface area contributed by atoms with Crippen molar-refractivity contribution in [1.82, 2.24) is 5.48 Å². The Hall–Kier alpha value is -0.130. The molecule has 0 spiro atoms. The van der Waals surface area contributed by atoms with Gasteiger partial charge in [-0.2, -0.15) is 0 Å². The summed E-state index contributed by atoms with van der Waals surface area (Å²) in [5.41, 5.74) is 1.69. The maximum atomic E-state index is 10.9. The molecule has 0 bridgehead atoms. The zero-order valence-corrected chi connectivity index (χ0v) is 21.2. The molecule has 0 saturated heterocycles. The standard InChI is InChI=1S/C25H49NO2S2/c27-24(26-28)22-20-18-16-14-12-10-8-6-4-2-1-3-5-7-9-11-13-15-17-19-21-23-25(29)30/h28H,1-23H2,(H,26,27)(H,29,30). The Kier molecular flexibility index (Phi) is 25.0. The van der Waals surface area contributed by atoms with Crippen LogP contribution in [0, 0.1) is 0 Å². The van der Waals surface area contributed by atoms with E-state index in [9.17, 15) is 4.79 Å². The number of hydrogen-bond donors (Lipinski definition) is 3. The van der Waals surface area contributed by atoms with Crippen molar-refractivity contribution in [3.05, 3.63) is 0 Å². The van der Waals surface area contributed by atoms with Crippen molar-refractivity contribution in [2.45, 2.75) is 148 Å². The van der Waals surface area contributed by atoms with Gasteiger partial charge in [-0.3, -0.25) is 10.0 Å². The lowest BCUT2D eigenvalue weighted by atomic mass is 10.0. The van der Waals surface area contributed by atoms with Gasteiger partial charge in [0.05, 0.1) is 0 Å². The van der Waals surface area contributed by atoms with Gasteiger partial charge in [0.25, 0.3) is 0 Å². The number of carbonyl (C=O) groups excluding carboxylic acids is 1. The number of hydroxylamine groups is 1. The van der Waals surface area contributed by atoms with E-state index in [1.807, 2.05) is 0 Å².